The van der Waals surface area contributed by atoms with Crippen molar-refractivity contribution in [3.05, 3.63) is 62.7 Å². The molecule has 0 bridgehead atoms. The summed E-state index contributed by atoms with van der Waals surface area (Å²) in [6.07, 6.45) is 4.43. The Kier molecular flexibility index (Phi) is 4.94. The van der Waals surface area contributed by atoms with E-state index in [0.717, 1.165) is 34.7 Å². The first-order valence-corrected chi connectivity index (χ1v) is 10.4. The van der Waals surface area contributed by atoms with Gasteiger partial charge in [-0.3, -0.25) is 4.79 Å². The molecule has 0 fully saturated rings. The molecule has 2 heterocycles. The quantitative estimate of drug-likeness (QED) is 0.377. The van der Waals surface area contributed by atoms with Crippen LogP contribution in [0.3, 0.4) is 0 Å². The van der Waals surface area contributed by atoms with Crippen molar-refractivity contribution in [1.82, 2.24) is 4.98 Å². The zero-order valence-corrected chi connectivity index (χ0v) is 16.6. The van der Waals surface area contributed by atoms with Crippen molar-refractivity contribution in [1.29, 1.82) is 0 Å². The molecule has 0 atom stereocenters. The van der Waals surface area contributed by atoms with E-state index in [9.17, 15) is 9.90 Å². The summed E-state index contributed by atoms with van der Waals surface area (Å²) in [5.41, 5.74) is 3.29. The van der Waals surface area contributed by atoms with Gasteiger partial charge in [-0.1, -0.05) is 43.5 Å². The molecule has 0 unspecified atom stereocenters. The molecule has 4 aromatic rings. The van der Waals surface area contributed by atoms with Gasteiger partial charge in [-0.25, -0.2) is 0 Å². The number of phenols is 1. The minimum Gasteiger partial charge on any atom is -0.507 e. The highest BCUT2D eigenvalue weighted by atomic mass is 35.5. The predicted octanol–water partition coefficient (Wildman–Crippen LogP) is 6.50. The summed E-state index contributed by atoms with van der Waals surface area (Å²) >= 11 is 7.95. The molecular weight excluding hydrogens is 378 g/mol. The Bertz CT molecular complexity index is 1190. The Morgan fingerprint density at radius 2 is 2.00 bits per heavy atom. The predicted molar refractivity (Wildman–Crippen MR) is 115 cm³/mol. The average molecular weight is 398 g/mol. The number of aryl methyl sites for hydroxylation is 1. The van der Waals surface area contributed by atoms with Crippen molar-refractivity contribution >= 4 is 43.9 Å². The standard InChI is InChI=1S/C22H20ClNO2S/c1-2-3-4-5-13-6-7-14(12-16(13)23)19-18(25)9-8-17-20(19)15-10-11-27-21(15)22(26)24-17/h6-12,25H,2-5H2,1H3,(H,24,26). The Balaban J connectivity index is 1.91. The smallest absolute Gasteiger partial charge is 0.266 e. The van der Waals surface area contributed by atoms with Crippen LogP contribution in [0.1, 0.15) is 31.7 Å². The molecule has 0 aliphatic rings. The Hall–Kier alpha value is -2.30. The van der Waals surface area contributed by atoms with E-state index < -0.39 is 0 Å². The highest BCUT2D eigenvalue weighted by Crippen LogP contribution is 2.40. The number of hydrogen-bond donors (Lipinski definition) is 2. The normalized spacial score (nSPS) is 11.5. The number of halogens is 1. The van der Waals surface area contributed by atoms with E-state index in [1.807, 2.05) is 29.6 Å². The third-order valence-corrected chi connectivity index (χ3v) is 6.23. The first kappa shape index (κ1) is 18.1. The second-order valence-corrected chi connectivity index (χ2v) is 8.09. The summed E-state index contributed by atoms with van der Waals surface area (Å²) < 4.78 is 0.664. The molecule has 2 aromatic carbocycles. The van der Waals surface area contributed by atoms with Gasteiger partial charge in [0.1, 0.15) is 10.4 Å². The number of rotatable bonds is 5. The summed E-state index contributed by atoms with van der Waals surface area (Å²) in [5, 5.41) is 14.9. The van der Waals surface area contributed by atoms with Crippen molar-refractivity contribution in [2.75, 3.05) is 0 Å². The molecular formula is C22H20ClNO2S. The van der Waals surface area contributed by atoms with Crippen LogP contribution in [0.15, 0.2) is 46.6 Å². The molecule has 138 valence electrons. The van der Waals surface area contributed by atoms with Gasteiger partial charge >= 0.3 is 0 Å². The highest BCUT2D eigenvalue weighted by Gasteiger charge is 2.16. The number of unbranched alkanes of at least 4 members (excludes halogenated alkanes) is 2. The van der Waals surface area contributed by atoms with E-state index in [1.165, 1.54) is 24.2 Å². The van der Waals surface area contributed by atoms with Crippen LogP contribution in [0.2, 0.25) is 5.02 Å². The molecule has 3 nitrogen and oxygen atoms in total. The molecule has 27 heavy (non-hydrogen) atoms. The number of benzene rings is 2. The summed E-state index contributed by atoms with van der Waals surface area (Å²) in [6, 6.07) is 11.3. The van der Waals surface area contributed by atoms with Crippen LogP contribution < -0.4 is 5.56 Å². The minimum atomic E-state index is -0.103. The first-order chi connectivity index (χ1) is 13.1. The lowest BCUT2D eigenvalue weighted by molar-refractivity contribution is 0.478. The lowest BCUT2D eigenvalue weighted by Gasteiger charge is -2.12. The van der Waals surface area contributed by atoms with Crippen LogP contribution in [-0.4, -0.2) is 10.1 Å². The van der Waals surface area contributed by atoms with E-state index in [0.29, 0.717) is 20.8 Å². The van der Waals surface area contributed by atoms with E-state index in [1.54, 1.807) is 12.1 Å². The van der Waals surface area contributed by atoms with E-state index in [-0.39, 0.29) is 11.3 Å². The lowest BCUT2D eigenvalue weighted by Crippen LogP contribution is -2.04. The summed E-state index contributed by atoms with van der Waals surface area (Å²) in [5.74, 6) is 0.178. The zero-order chi connectivity index (χ0) is 19.0. The number of thiophene rings is 1. The molecule has 2 N–H and O–H groups in total. The Morgan fingerprint density at radius 1 is 1.15 bits per heavy atom. The van der Waals surface area contributed by atoms with Crippen molar-refractivity contribution in [3.63, 3.8) is 0 Å². The molecule has 0 spiro atoms. The number of aromatic amines is 1. The molecule has 5 heteroatoms. The Morgan fingerprint density at radius 3 is 2.78 bits per heavy atom. The van der Waals surface area contributed by atoms with Gasteiger partial charge in [0.15, 0.2) is 0 Å². The minimum absolute atomic E-state index is 0.103. The topological polar surface area (TPSA) is 53.1 Å². The van der Waals surface area contributed by atoms with Crippen molar-refractivity contribution in [2.45, 2.75) is 32.6 Å². The van der Waals surface area contributed by atoms with E-state index >= 15 is 0 Å². The van der Waals surface area contributed by atoms with Gasteiger partial charge in [-0.15, -0.1) is 11.3 Å². The third-order valence-electron chi connectivity index (χ3n) is 4.96. The first-order valence-electron chi connectivity index (χ1n) is 9.14. The van der Waals surface area contributed by atoms with Crippen molar-refractivity contribution < 1.29 is 5.11 Å². The zero-order valence-electron chi connectivity index (χ0n) is 15.0. The van der Waals surface area contributed by atoms with Gasteiger partial charge in [0.05, 0.1) is 0 Å². The maximum atomic E-state index is 12.3. The number of fused-ring (bicyclic) bond motifs is 3. The summed E-state index contributed by atoms with van der Waals surface area (Å²) in [4.78, 5) is 15.2. The van der Waals surface area contributed by atoms with Crippen LogP contribution in [0.5, 0.6) is 5.75 Å². The number of H-pyrrole nitrogens is 1. The van der Waals surface area contributed by atoms with Gasteiger partial charge < -0.3 is 10.1 Å². The van der Waals surface area contributed by atoms with Crippen LogP contribution >= 0.6 is 22.9 Å². The molecule has 0 aliphatic heterocycles. The lowest BCUT2D eigenvalue weighted by atomic mass is 9.95. The second-order valence-electron chi connectivity index (χ2n) is 6.76. The SMILES string of the molecule is CCCCCc1ccc(-c2c(O)ccc3[nH]c(=O)c4sccc4c23)cc1Cl. The number of phenolic OH excluding ortho intramolecular Hbond substituents is 1. The van der Waals surface area contributed by atoms with Crippen LogP contribution in [0.4, 0.5) is 0 Å². The van der Waals surface area contributed by atoms with Crippen LogP contribution in [-0.2, 0) is 6.42 Å². The fourth-order valence-corrected chi connectivity index (χ4v) is 4.67. The van der Waals surface area contributed by atoms with Gasteiger partial charge in [0, 0.05) is 26.9 Å². The molecule has 0 amide bonds. The average Bonchev–Trinajstić information content (AvgIpc) is 3.14. The highest BCUT2D eigenvalue weighted by molar-refractivity contribution is 7.17. The maximum absolute atomic E-state index is 12.3. The van der Waals surface area contributed by atoms with Gasteiger partial charge in [0.25, 0.3) is 5.56 Å². The number of aromatic nitrogens is 1. The van der Waals surface area contributed by atoms with E-state index in [2.05, 4.69) is 11.9 Å². The number of pyridine rings is 1. The molecule has 0 saturated heterocycles. The summed E-state index contributed by atoms with van der Waals surface area (Å²) in [6.45, 7) is 2.18. The number of hydrogen-bond acceptors (Lipinski definition) is 3. The van der Waals surface area contributed by atoms with E-state index in [4.69, 9.17) is 11.6 Å². The van der Waals surface area contributed by atoms with Crippen molar-refractivity contribution in [3.8, 4) is 16.9 Å². The second kappa shape index (κ2) is 7.37. The van der Waals surface area contributed by atoms with Gasteiger partial charge in [-0.2, -0.15) is 0 Å². The van der Waals surface area contributed by atoms with Gasteiger partial charge in [-0.05, 0) is 53.6 Å². The maximum Gasteiger partial charge on any atom is 0.266 e. The summed E-state index contributed by atoms with van der Waals surface area (Å²) in [7, 11) is 0. The third kappa shape index (κ3) is 3.24. The molecule has 4 rings (SSSR count). The van der Waals surface area contributed by atoms with Crippen LogP contribution in [0, 0.1) is 0 Å². The number of nitrogens with one attached hydrogen (secondary N) is 1. The monoisotopic (exact) mass is 397 g/mol. The molecule has 0 saturated carbocycles. The van der Waals surface area contributed by atoms with Crippen LogP contribution in [0.25, 0.3) is 32.1 Å². The largest absolute Gasteiger partial charge is 0.507 e. The Labute approximate surface area is 166 Å². The molecule has 2 aromatic heterocycles. The van der Waals surface area contributed by atoms with Gasteiger partial charge in [0.2, 0.25) is 0 Å². The van der Waals surface area contributed by atoms with Crippen molar-refractivity contribution in [2.24, 2.45) is 0 Å². The fraction of sp³-hybridized carbons (Fsp3) is 0.227. The molecule has 0 aliphatic carbocycles. The number of aromatic hydroxyl groups is 1. The molecule has 0 radical (unpaired) electrons. The fourth-order valence-electron chi connectivity index (χ4n) is 3.60.